The van der Waals surface area contributed by atoms with Crippen molar-refractivity contribution in [3.63, 3.8) is 0 Å². The molecule has 2 fully saturated rings. The first-order chi connectivity index (χ1) is 10.2. The summed E-state index contributed by atoms with van der Waals surface area (Å²) >= 11 is 6.15. The van der Waals surface area contributed by atoms with Crippen molar-refractivity contribution in [2.24, 2.45) is 0 Å². The van der Waals surface area contributed by atoms with Gasteiger partial charge in [-0.3, -0.25) is 9.69 Å². The van der Waals surface area contributed by atoms with Crippen LogP contribution in [0.25, 0.3) is 0 Å². The van der Waals surface area contributed by atoms with E-state index in [2.05, 4.69) is 21.2 Å². The summed E-state index contributed by atoms with van der Waals surface area (Å²) in [5.74, 6) is 2.43. The Kier molecular flexibility index (Phi) is 4.18. The van der Waals surface area contributed by atoms with Gasteiger partial charge < -0.3 is 5.32 Å². The highest BCUT2D eigenvalue weighted by Crippen LogP contribution is 2.30. The summed E-state index contributed by atoms with van der Waals surface area (Å²) in [5.41, 5.74) is 0.189. The molecule has 5 nitrogen and oxygen atoms in total. The predicted octanol–water partition coefficient (Wildman–Crippen LogP) is 1.57. The standard InChI is InChI=1S/C15H19ClN4O/c1-2-7-20-15(21)14(11(16)10-17-20)18-12-6-9-19-8-4-3-5-13(12)19/h1,10,12-13,18H,3-9H2. The van der Waals surface area contributed by atoms with Gasteiger partial charge in [-0.2, -0.15) is 5.10 Å². The van der Waals surface area contributed by atoms with Crippen LogP contribution in [-0.4, -0.2) is 39.9 Å². The summed E-state index contributed by atoms with van der Waals surface area (Å²) in [5, 5.41) is 7.69. The summed E-state index contributed by atoms with van der Waals surface area (Å²) < 4.78 is 1.27. The molecule has 2 unspecified atom stereocenters. The van der Waals surface area contributed by atoms with E-state index in [4.69, 9.17) is 18.0 Å². The van der Waals surface area contributed by atoms with Gasteiger partial charge >= 0.3 is 0 Å². The fourth-order valence-electron chi connectivity index (χ4n) is 3.40. The molecule has 1 N–H and O–H groups in total. The van der Waals surface area contributed by atoms with E-state index in [1.54, 1.807) is 0 Å². The maximum Gasteiger partial charge on any atom is 0.292 e. The van der Waals surface area contributed by atoms with E-state index in [0.717, 1.165) is 19.5 Å². The lowest BCUT2D eigenvalue weighted by atomic mass is 9.99. The van der Waals surface area contributed by atoms with Crippen molar-refractivity contribution >= 4 is 17.3 Å². The molecule has 21 heavy (non-hydrogen) atoms. The molecule has 0 spiro atoms. The zero-order valence-electron chi connectivity index (χ0n) is 11.9. The Hall–Kier alpha value is -1.51. The van der Waals surface area contributed by atoms with Crippen molar-refractivity contribution in [1.29, 1.82) is 0 Å². The highest BCUT2D eigenvalue weighted by atomic mass is 35.5. The largest absolute Gasteiger partial charge is 0.375 e. The Labute approximate surface area is 129 Å². The van der Waals surface area contributed by atoms with Gasteiger partial charge in [0.15, 0.2) is 0 Å². The number of rotatable bonds is 3. The van der Waals surface area contributed by atoms with Crippen LogP contribution in [0.2, 0.25) is 5.02 Å². The van der Waals surface area contributed by atoms with Crippen LogP contribution in [0.15, 0.2) is 11.0 Å². The first-order valence-electron chi connectivity index (χ1n) is 7.40. The monoisotopic (exact) mass is 306 g/mol. The number of hydrogen-bond donors (Lipinski definition) is 1. The normalized spacial score (nSPS) is 25.3. The summed E-state index contributed by atoms with van der Waals surface area (Å²) in [4.78, 5) is 14.9. The van der Waals surface area contributed by atoms with E-state index in [1.165, 1.54) is 30.1 Å². The Bertz CT molecular complexity index is 621. The minimum atomic E-state index is -0.241. The summed E-state index contributed by atoms with van der Waals surface area (Å²) in [6.07, 6.45) is 11.5. The van der Waals surface area contributed by atoms with Gasteiger partial charge in [0, 0.05) is 18.6 Å². The predicted molar refractivity (Wildman–Crippen MR) is 83.6 cm³/mol. The molecule has 2 aliphatic heterocycles. The van der Waals surface area contributed by atoms with Crippen molar-refractivity contribution in [2.75, 3.05) is 18.4 Å². The lowest BCUT2D eigenvalue weighted by molar-refractivity contribution is 0.192. The Balaban J connectivity index is 1.83. The molecule has 2 aliphatic rings. The van der Waals surface area contributed by atoms with Crippen LogP contribution in [0.1, 0.15) is 25.7 Å². The number of nitrogens with one attached hydrogen (secondary N) is 1. The maximum atomic E-state index is 12.4. The molecular weight excluding hydrogens is 288 g/mol. The van der Waals surface area contributed by atoms with Crippen molar-refractivity contribution in [3.8, 4) is 12.3 Å². The molecule has 0 saturated carbocycles. The summed E-state index contributed by atoms with van der Waals surface area (Å²) in [6, 6.07) is 0.778. The van der Waals surface area contributed by atoms with Gasteiger partial charge in [-0.25, -0.2) is 4.68 Å². The number of piperidine rings is 1. The third kappa shape index (κ3) is 2.78. The second kappa shape index (κ2) is 6.08. The quantitative estimate of drug-likeness (QED) is 0.861. The van der Waals surface area contributed by atoms with E-state index < -0.39 is 0 Å². The SMILES string of the molecule is C#CCn1ncc(Cl)c(NC2CCN3CCCCC23)c1=O. The molecule has 3 heterocycles. The van der Waals surface area contributed by atoms with Crippen LogP contribution < -0.4 is 10.9 Å². The fourth-order valence-corrected chi connectivity index (χ4v) is 3.58. The van der Waals surface area contributed by atoms with Gasteiger partial charge in [0.25, 0.3) is 5.56 Å². The number of fused-ring (bicyclic) bond motifs is 1. The first-order valence-corrected chi connectivity index (χ1v) is 7.78. The molecule has 2 atom stereocenters. The topological polar surface area (TPSA) is 50.2 Å². The minimum Gasteiger partial charge on any atom is -0.375 e. The second-order valence-electron chi connectivity index (χ2n) is 5.67. The van der Waals surface area contributed by atoms with Crippen LogP contribution in [0.4, 0.5) is 5.69 Å². The number of aromatic nitrogens is 2. The Morgan fingerprint density at radius 1 is 1.43 bits per heavy atom. The number of halogens is 1. The lowest BCUT2D eigenvalue weighted by Gasteiger charge is -2.32. The van der Waals surface area contributed by atoms with Crippen molar-refractivity contribution in [1.82, 2.24) is 14.7 Å². The number of terminal acetylenes is 1. The fraction of sp³-hybridized carbons (Fsp3) is 0.600. The van der Waals surface area contributed by atoms with Crippen molar-refractivity contribution in [2.45, 2.75) is 44.3 Å². The number of hydrogen-bond acceptors (Lipinski definition) is 4. The zero-order chi connectivity index (χ0) is 14.8. The molecule has 112 valence electrons. The highest BCUT2D eigenvalue weighted by molar-refractivity contribution is 6.33. The van der Waals surface area contributed by atoms with Crippen LogP contribution in [-0.2, 0) is 6.54 Å². The number of anilines is 1. The van der Waals surface area contributed by atoms with Gasteiger partial charge in [-0.1, -0.05) is 23.9 Å². The molecule has 0 aromatic carbocycles. The molecule has 1 aromatic heterocycles. The van der Waals surface area contributed by atoms with E-state index >= 15 is 0 Å². The third-order valence-electron chi connectivity index (χ3n) is 4.42. The number of nitrogens with zero attached hydrogens (tertiary/aromatic N) is 3. The lowest BCUT2D eigenvalue weighted by Crippen LogP contribution is -2.42. The van der Waals surface area contributed by atoms with Crippen molar-refractivity contribution < 1.29 is 0 Å². The van der Waals surface area contributed by atoms with Crippen LogP contribution >= 0.6 is 11.6 Å². The molecule has 3 rings (SSSR count). The summed E-state index contributed by atoms with van der Waals surface area (Å²) in [6.45, 7) is 2.41. The molecular formula is C15H19ClN4O. The second-order valence-corrected chi connectivity index (χ2v) is 6.08. The Morgan fingerprint density at radius 3 is 3.10 bits per heavy atom. The maximum absolute atomic E-state index is 12.4. The van der Waals surface area contributed by atoms with Crippen LogP contribution in [0.3, 0.4) is 0 Å². The van der Waals surface area contributed by atoms with Gasteiger partial charge in [-0.15, -0.1) is 6.42 Å². The van der Waals surface area contributed by atoms with E-state index in [-0.39, 0.29) is 18.1 Å². The smallest absolute Gasteiger partial charge is 0.292 e. The average Bonchev–Trinajstić information content (AvgIpc) is 2.90. The minimum absolute atomic E-state index is 0.158. The molecule has 6 heteroatoms. The van der Waals surface area contributed by atoms with E-state index in [9.17, 15) is 4.79 Å². The average molecular weight is 307 g/mol. The van der Waals surface area contributed by atoms with Gasteiger partial charge in [0.05, 0.1) is 11.2 Å². The van der Waals surface area contributed by atoms with E-state index in [0.29, 0.717) is 16.8 Å². The highest BCUT2D eigenvalue weighted by Gasteiger charge is 2.36. The van der Waals surface area contributed by atoms with Crippen LogP contribution in [0, 0.1) is 12.3 Å². The molecule has 0 bridgehead atoms. The Morgan fingerprint density at radius 2 is 2.29 bits per heavy atom. The molecule has 2 saturated heterocycles. The zero-order valence-corrected chi connectivity index (χ0v) is 12.6. The van der Waals surface area contributed by atoms with Gasteiger partial charge in [-0.05, 0) is 25.8 Å². The molecule has 0 aliphatic carbocycles. The van der Waals surface area contributed by atoms with Crippen LogP contribution in [0.5, 0.6) is 0 Å². The van der Waals surface area contributed by atoms with Crippen molar-refractivity contribution in [3.05, 3.63) is 21.6 Å². The third-order valence-corrected chi connectivity index (χ3v) is 4.71. The summed E-state index contributed by atoms with van der Waals surface area (Å²) in [7, 11) is 0. The van der Waals surface area contributed by atoms with Gasteiger partial charge in [0.1, 0.15) is 12.2 Å². The molecule has 1 aromatic rings. The molecule has 0 radical (unpaired) electrons. The first kappa shape index (κ1) is 14.4. The van der Waals surface area contributed by atoms with Gasteiger partial charge in [0.2, 0.25) is 0 Å². The molecule has 0 amide bonds. The van der Waals surface area contributed by atoms with E-state index in [1.807, 2.05) is 0 Å².